The highest BCUT2D eigenvalue weighted by atomic mass is 16.3. The van der Waals surface area contributed by atoms with Crippen molar-refractivity contribution < 1.29 is 9.21 Å². The van der Waals surface area contributed by atoms with Crippen LogP contribution in [0.2, 0.25) is 0 Å². The molecule has 0 atom stereocenters. The Balaban J connectivity index is 1.75. The van der Waals surface area contributed by atoms with Gasteiger partial charge in [-0.3, -0.25) is 4.79 Å². The number of fused-ring (bicyclic) bond motifs is 1. The second-order valence-corrected chi connectivity index (χ2v) is 5.59. The number of rotatable bonds is 5. The molecule has 24 heavy (non-hydrogen) atoms. The molecule has 0 bridgehead atoms. The van der Waals surface area contributed by atoms with Gasteiger partial charge >= 0.3 is 0 Å². The van der Waals surface area contributed by atoms with E-state index in [1.165, 1.54) is 0 Å². The molecule has 1 amide bonds. The monoisotopic (exact) mass is 323 g/mol. The van der Waals surface area contributed by atoms with Gasteiger partial charge in [-0.2, -0.15) is 0 Å². The Morgan fingerprint density at radius 3 is 2.50 bits per heavy atom. The fourth-order valence-electron chi connectivity index (χ4n) is 2.73. The van der Waals surface area contributed by atoms with E-state index in [1.54, 1.807) is 25.1 Å². The van der Waals surface area contributed by atoms with E-state index in [0.29, 0.717) is 17.0 Å². The molecule has 0 saturated carbocycles. The minimum absolute atomic E-state index is 0.165. The topological polar surface area (TPSA) is 58.4 Å². The van der Waals surface area contributed by atoms with E-state index >= 15 is 0 Å². The average molecular weight is 323 g/mol. The molecular formula is C19H21N3O2. The van der Waals surface area contributed by atoms with E-state index < -0.39 is 0 Å². The zero-order valence-corrected chi connectivity index (χ0v) is 14.2. The summed E-state index contributed by atoms with van der Waals surface area (Å²) < 4.78 is 5.48. The molecule has 5 heteroatoms. The number of nitrogens with zero attached hydrogens (tertiary/aromatic N) is 2. The molecule has 0 radical (unpaired) electrons. The lowest BCUT2D eigenvalue weighted by Crippen LogP contribution is -2.21. The maximum atomic E-state index is 12.4. The van der Waals surface area contributed by atoms with Crippen LogP contribution in [0, 0.1) is 6.92 Å². The number of aromatic nitrogens is 1. The maximum Gasteiger partial charge on any atom is 0.255 e. The van der Waals surface area contributed by atoms with Gasteiger partial charge in [-0.1, -0.05) is 0 Å². The first kappa shape index (κ1) is 16.1. The first-order chi connectivity index (χ1) is 11.6. The third kappa shape index (κ3) is 3.25. The summed E-state index contributed by atoms with van der Waals surface area (Å²) in [6, 6.07) is 13.1. The van der Waals surface area contributed by atoms with Crippen molar-refractivity contribution in [3.05, 3.63) is 53.9 Å². The van der Waals surface area contributed by atoms with Gasteiger partial charge in [-0.05, 0) is 56.3 Å². The fraction of sp³-hybridized carbons (Fsp3) is 0.263. The van der Waals surface area contributed by atoms with Gasteiger partial charge in [-0.25, -0.2) is 4.98 Å². The predicted molar refractivity (Wildman–Crippen MR) is 96.7 cm³/mol. The molecule has 0 aliphatic heterocycles. The number of amides is 1. The molecule has 5 nitrogen and oxygen atoms in total. The second kappa shape index (κ2) is 6.74. The number of oxazole rings is 1. The average Bonchev–Trinajstić information content (AvgIpc) is 2.96. The molecule has 0 saturated heterocycles. The summed E-state index contributed by atoms with van der Waals surface area (Å²) in [5.74, 6) is 0.427. The summed E-state index contributed by atoms with van der Waals surface area (Å²) in [6.45, 7) is 7.95. The van der Waals surface area contributed by atoms with Crippen molar-refractivity contribution in [1.82, 2.24) is 4.98 Å². The van der Waals surface area contributed by atoms with Crippen molar-refractivity contribution in [3.63, 3.8) is 0 Å². The summed E-state index contributed by atoms with van der Waals surface area (Å²) >= 11 is 0. The first-order valence-corrected chi connectivity index (χ1v) is 8.14. The molecule has 2 aromatic carbocycles. The Morgan fingerprint density at radius 2 is 1.83 bits per heavy atom. The van der Waals surface area contributed by atoms with Crippen molar-refractivity contribution in [1.29, 1.82) is 0 Å². The molecule has 3 aromatic rings. The lowest BCUT2D eigenvalue weighted by atomic mass is 10.2. The van der Waals surface area contributed by atoms with Crippen molar-refractivity contribution in [2.45, 2.75) is 20.8 Å². The number of nitrogens with one attached hydrogen (secondary N) is 1. The van der Waals surface area contributed by atoms with Crippen LogP contribution in [0.1, 0.15) is 30.1 Å². The number of hydrogen-bond donors (Lipinski definition) is 1. The Morgan fingerprint density at radius 1 is 1.12 bits per heavy atom. The maximum absolute atomic E-state index is 12.4. The van der Waals surface area contributed by atoms with Crippen LogP contribution in [0.15, 0.2) is 46.9 Å². The highest BCUT2D eigenvalue weighted by Gasteiger charge is 2.10. The van der Waals surface area contributed by atoms with Crippen molar-refractivity contribution in [2.24, 2.45) is 0 Å². The summed E-state index contributed by atoms with van der Waals surface area (Å²) in [6.07, 6.45) is 0. The van der Waals surface area contributed by atoms with E-state index in [-0.39, 0.29) is 5.91 Å². The van der Waals surface area contributed by atoms with E-state index in [1.807, 2.05) is 24.3 Å². The van der Waals surface area contributed by atoms with Gasteiger partial charge in [0.05, 0.1) is 0 Å². The van der Waals surface area contributed by atoms with Crippen LogP contribution in [-0.2, 0) is 0 Å². The smallest absolute Gasteiger partial charge is 0.255 e. The van der Waals surface area contributed by atoms with Crippen LogP contribution in [0.4, 0.5) is 11.4 Å². The van der Waals surface area contributed by atoms with Crippen LogP contribution in [-0.4, -0.2) is 24.0 Å². The third-order valence-electron chi connectivity index (χ3n) is 4.01. The van der Waals surface area contributed by atoms with Crippen LogP contribution < -0.4 is 10.2 Å². The van der Waals surface area contributed by atoms with Crippen molar-refractivity contribution in [2.75, 3.05) is 23.3 Å². The summed E-state index contributed by atoms with van der Waals surface area (Å²) in [5, 5.41) is 2.91. The number of anilines is 2. The predicted octanol–water partition coefficient (Wildman–Crippen LogP) is 4.23. The second-order valence-electron chi connectivity index (χ2n) is 5.59. The lowest BCUT2D eigenvalue weighted by Gasteiger charge is -2.21. The van der Waals surface area contributed by atoms with Crippen LogP contribution in [0.3, 0.4) is 0 Å². The highest BCUT2D eigenvalue weighted by Crippen LogP contribution is 2.20. The zero-order valence-electron chi connectivity index (χ0n) is 14.2. The molecule has 0 aliphatic rings. The van der Waals surface area contributed by atoms with Gasteiger partial charge in [0.25, 0.3) is 5.91 Å². The van der Waals surface area contributed by atoms with E-state index in [0.717, 1.165) is 30.0 Å². The summed E-state index contributed by atoms with van der Waals surface area (Å²) in [7, 11) is 0. The van der Waals surface area contributed by atoms with E-state index in [4.69, 9.17) is 4.42 Å². The van der Waals surface area contributed by atoms with Gasteiger partial charge in [0.15, 0.2) is 11.5 Å². The summed E-state index contributed by atoms with van der Waals surface area (Å²) in [5.41, 5.74) is 3.84. The van der Waals surface area contributed by atoms with Crippen molar-refractivity contribution in [3.8, 4) is 0 Å². The van der Waals surface area contributed by atoms with E-state index in [2.05, 4.69) is 29.0 Å². The molecular weight excluding hydrogens is 302 g/mol. The fourth-order valence-corrected chi connectivity index (χ4v) is 2.73. The molecule has 1 aromatic heterocycles. The molecule has 1 N–H and O–H groups in total. The number of carbonyl (C=O) groups excluding carboxylic acids is 1. The van der Waals surface area contributed by atoms with Gasteiger partial charge in [-0.15, -0.1) is 0 Å². The number of carbonyl (C=O) groups is 1. The van der Waals surface area contributed by atoms with Gasteiger partial charge < -0.3 is 14.6 Å². The zero-order chi connectivity index (χ0) is 17.1. The molecule has 0 unspecified atom stereocenters. The Labute approximate surface area is 141 Å². The van der Waals surface area contributed by atoms with Crippen LogP contribution in [0.25, 0.3) is 11.1 Å². The first-order valence-electron chi connectivity index (χ1n) is 8.14. The molecule has 3 rings (SSSR count). The van der Waals surface area contributed by atoms with E-state index in [9.17, 15) is 4.79 Å². The Kier molecular flexibility index (Phi) is 4.51. The van der Waals surface area contributed by atoms with Gasteiger partial charge in [0, 0.05) is 37.0 Å². The highest BCUT2D eigenvalue weighted by molar-refractivity contribution is 6.05. The molecule has 0 aliphatic carbocycles. The van der Waals surface area contributed by atoms with Crippen LogP contribution >= 0.6 is 0 Å². The normalized spacial score (nSPS) is 10.8. The quantitative estimate of drug-likeness (QED) is 0.763. The Bertz CT molecular complexity index is 849. The number of hydrogen-bond acceptors (Lipinski definition) is 4. The molecule has 124 valence electrons. The van der Waals surface area contributed by atoms with Gasteiger partial charge in [0.2, 0.25) is 0 Å². The van der Waals surface area contributed by atoms with Gasteiger partial charge in [0.1, 0.15) is 5.52 Å². The number of aryl methyl sites for hydroxylation is 1. The summed E-state index contributed by atoms with van der Waals surface area (Å²) in [4.78, 5) is 18.9. The minimum Gasteiger partial charge on any atom is -0.441 e. The van der Waals surface area contributed by atoms with Crippen molar-refractivity contribution >= 4 is 28.4 Å². The van der Waals surface area contributed by atoms with Crippen LogP contribution in [0.5, 0.6) is 0 Å². The Hall–Kier alpha value is -2.82. The molecule has 0 spiro atoms. The lowest BCUT2D eigenvalue weighted by molar-refractivity contribution is 0.102. The largest absolute Gasteiger partial charge is 0.441 e. The minimum atomic E-state index is -0.165. The standard InChI is InChI=1S/C19H21N3O2/c1-4-22(5-2)16-9-7-15(8-10-16)21-19(23)14-6-11-17-18(12-14)24-13(3)20-17/h6-12H,4-5H2,1-3H3,(H,21,23). The third-order valence-corrected chi connectivity index (χ3v) is 4.01. The number of benzene rings is 2. The molecule has 0 fully saturated rings. The molecule has 1 heterocycles. The SMILES string of the molecule is CCN(CC)c1ccc(NC(=O)c2ccc3nc(C)oc3c2)cc1.